The molecule has 30 heavy (non-hydrogen) atoms. The number of carbonyl (C=O) groups excluding carboxylic acids is 1. The van der Waals surface area contributed by atoms with Crippen LogP contribution in [-0.2, 0) is 0 Å². The Bertz CT molecular complexity index is 821. The number of likely N-dealkylation sites (tertiary alicyclic amines) is 1. The molecule has 1 N–H and O–H groups in total. The number of carbonyl (C=O) groups is 1. The molecule has 160 valence electrons. The Kier molecular flexibility index (Phi) is 6.55. The zero-order valence-electron chi connectivity index (χ0n) is 18.0. The molecule has 2 aliphatic heterocycles. The number of piperidine rings is 1. The van der Waals surface area contributed by atoms with E-state index < -0.39 is 0 Å². The first kappa shape index (κ1) is 20.7. The van der Waals surface area contributed by atoms with E-state index in [1.165, 1.54) is 5.69 Å². The number of anilines is 2. The summed E-state index contributed by atoms with van der Waals surface area (Å²) in [6, 6.07) is 15.6. The van der Waals surface area contributed by atoms with Gasteiger partial charge in [-0.1, -0.05) is 0 Å². The standard InChI is InChI=1S/C24H32N4O2/c1-26-13-11-23(12-14-26)30-22-9-5-20(6-10-22)25-24(29)19-3-7-21(8-4-19)28-17-15-27(2)16-18-28/h3-10,23H,11-18H2,1-2H3,(H,25,29). The maximum Gasteiger partial charge on any atom is 0.255 e. The average Bonchev–Trinajstić information content (AvgIpc) is 2.77. The van der Waals surface area contributed by atoms with Crippen molar-refractivity contribution in [3.63, 3.8) is 0 Å². The molecule has 2 aromatic rings. The molecular formula is C24H32N4O2. The molecule has 0 atom stereocenters. The summed E-state index contributed by atoms with van der Waals surface area (Å²) in [5.74, 6) is 0.767. The van der Waals surface area contributed by atoms with Crippen LogP contribution in [0.15, 0.2) is 48.5 Å². The van der Waals surface area contributed by atoms with Gasteiger partial charge in [0.05, 0.1) is 0 Å². The van der Waals surface area contributed by atoms with Gasteiger partial charge in [0.2, 0.25) is 0 Å². The smallest absolute Gasteiger partial charge is 0.255 e. The average molecular weight is 409 g/mol. The van der Waals surface area contributed by atoms with Crippen molar-refractivity contribution in [2.45, 2.75) is 18.9 Å². The third-order valence-electron chi connectivity index (χ3n) is 6.08. The van der Waals surface area contributed by atoms with Gasteiger partial charge >= 0.3 is 0 Å². The van der Waals surface area contributed by atoms with Crippen LogP contribution in [0.25, 0.3) is 0 Å². The molecule has 0 bridgehead atoms. The van der Waals surface area contributed by atoms with E-state index in [1.807, 2.05) is 48.5 Å². The SMILES string of the molecule is CN1CCC(Oc2ccc(NC(=O)c3ccc(N4CCN(C)CC4)cc3)cc2)CC1. The van der Waals surface area contributed by atoms with E-state index in [0.29, 0.717) is 5.56 Å². The highest BCUT2D eigenvalue weighted by atomic mass is 16.5. The van der Waals surface area contributed by atoms with Crippen molar-refractivity contribution in [3.8, 4) is 5.75 Å². The van der Waals surface area contributed by atoms with E-state index >= 15 is 0 Å². The van der Waals surface area contributed by atoms with Crippen LogP contribution < -0.4 is 15.0 Å². The normalized spacial score (nSPS) is 18.9. The molecule has 2 heterocycles. The molecule has 2 aromatic carbocycles. The molecule has 6 nitrogen and oxygen atoms in total. The highest BCUT2D eigenvalue weighted by molar-refractivity contribution is 6.04. The van der Waals surface area contributed by atoms with Gasteiger partial charge in [0.1, 0.15) is 11.9 Å². The molecule has 2 aliphatic rings. The van der Waals surface area contributed by atoms with E-state index in [1.54, 1.807) is 0 Å². The Labute approximate surface area is 179 Å². The number of nitrogens with zero attached hydrogens (tertiary/aromatic N) is 3. The number of amides is 1. The van der Waals surface area contributed by atoms with E-state index in [4.69, 9.17) is 4.74 Å². The van der Waals surface area contributed by atoms with E-state index in [-0.39, 0.29) is 12.0 Å². The lowest BCUT2D eigenvalue weighted by atomic mass is 10.1. The molecule has 0 aliphatic carbocycles. The van der Waals surface area contributed by atoms with Crippen LogP contribution in [0.3, 0.4) is 0 Å². The number of hydrogen-bond donors (Lipinski definition) is 1. The zero-order chi connectivity index (χ0) is 20.9. The zero-order valence-corrected chi connectivity index (χ0v) is 18.0. The molecule has 0 spiro atoms. The number of likely N-dealkylation sites (N-methyl/N-ethyl adjacent to an activating group) is 1. The maximum atomic E-state index is 12.6. The minimum absolute atomic E-state index is 0.0936. The fraction of sp³-hybridized carbons (Fsp3) is 0.458. The van der Waals surface area contributed by atoms with Gasteiger partial charge in [0.25, 0.3) is 5.91 Å². The summed E-state index contributed by atoms with van der Waals surface area (Å²) in [4.78, 5) is 19.6. The molecule has 4 rings (SSSR count). The largest absolute Gasteiger partial charge is 0.490 e. The second-order valence-corrected chi connectivity index (χ2v) is 8.44. The third-order valence-corrected chi connectivity index (χ3v) is 6.08. The molecule has 0 unspecified atom stereocenters. The van der Waals surface area contributed by atoms with Crippen LogP contribution in [0.4, 0.5) is 11.4 Å². The lowest BCUT2D eigenvalue weighted by molar-refractivity contribution is 0.102. The highest BCUT2D eigenvalue weighted by Crippen LogP contribution is 2.22. The van der Waals surface area contributed by atoms with Crippen molar-refractivity contribution >= 4 is 17.3 Å². The molecule has 2 saturated heterocycles. The molecule has 1 amide bonds. The summed E-state index contributed by atoms with van der Waals surface area (Å²) >= 11 is 0. The lowest BCUT2D eigenvalue weighted by Gasteiger charge is -2.34. The first-order chi connectivity index (χ1) is 14.6. The Morgan fingerprint density at radius 2 is 1.43 bits per heavy atom. The van der Waals surface area contributed by atoms with Gasteiger partial charge in [-0.05, 0) is 75.5 Å². The van der Waals surface area contributed by atoms with Crippen molar-refractivity contribution in [2.24, 2.45) is 0 Å². The van der Waals surface area contributed by atoms with Crippen molar-refractivity contribution < 1.29 is 9.53 Å². The second kappa shape index (κ2) is 9.49. The maximum absolute atomic E-state index is 12.6. The monoisotopic (exact) mass is 408 g/mol. The summed E-state index contributed by atoms with van der Waals surface area (Å²) in [6.45, 7) is 6.33. The summed E-state index contributed by atoms with van der Waals surface area (Å²) < 4.78 is 6.08. The van der Waals surface area contributed by atoms with Gasteiger partial charge in [0, 0.05) is 56.2 Å². The molecule has 6 heteroatoms. The molecule has 0 aromatic heterocycles. The van der Waals surface area contributed by atoms with Crippen molar-refractivity contribution in [1.82, 2.24) is 9.80 Å². The summed E-state index contributed by atoms with van der Waals surface area (Å²) in [6.07, 6.45) is 2.39. The van der Waals surface area contributed by atoms with Crippen molar-refractivity contribution in [2.75, 3.05) is 63.6 Å². The second-order valence-electron chi connectivity index (χ2n) is 8.44. The van der Waals surface area contributed by atoms with Crippen molar-refractivity contribution in [1.29, 1.82) is 0 Å². The van der Waals surface area contributed by atoms with Gasteiger partial charge in [0.15, 0.2) is 0 Å². The van der Waals surface area contributed by atoms with E-state index in [9.17, 15) is 4.79 Å². The molecule has 0 radical (unpaired) electrons. The molecule has 0 saturated carbocycles. The van der Waals surface area contributed by atoms with Crippen LogP contribution in [-0.4, -0.2) is 75.2 Å². The fourth-order valence-electron chi connectivity index (χ4n) is 4.00. The van der Waals surface area contributed by atoms with Crippen LogP contribution in [0, 0.1) is 0 Å². The third kappa shape index (κ3) is 5.32. The van der Waals surface area contributed by atoms with Gasteiger partial charge in [-0.2, -0.15) is 0 Å². The van der Waals surface area contributed by atoms with Crippen LogP contribution >= 0.6 is 0 Å². The van der Waals surface area contributed by atoms with Gasteiger partial charge in [-0.15, -0.1) is 0 Å². The quantitative estimate of drug-likeness (QED) is 0.824. The van der Waals surface area contributed by atoms with Crippen molar-refractivity contribution in [3.05, 3.63) is 54.1 Å². The lowest BCUT2D eigenvalue weighted by Crippen LogP contribution is -2.44. The first-order valence-electron chi connectivity index (χ1n) is 10.9. The predicted octanol–water partition coefficient (Wildman–Crippen LogP) is 3.16. The number of ether oxygens (including phenoxy) is 1. The summed E-state index contributed by atoms with van der Waals surface area (Å²) in [5, 5.41) is 2.98. The number of nitrogens with one attached hydrogen (secondary N) is 1. The predicted molar refractivity (Wildman–Crippen MR) is 122 cm³/mol. The Hall–Kier alpha value is -2.57. The van der Waals surface area contributed by atoms with Gasteiger partial charge in [-0.3, -0.25) is 4.79 Å². The topological polar surface area (TPSA) is 48.1 Å². The number of piperazine rings is 1. The van der Waals surface area contributed by atoms with Crippen LogP contribution in [0.2, 0.25) is 0 Å². The highest BCUT2D eigenvalue weighted by Gasteiger charge is 2.18. The van der Waals surface area contributed by atoms with Gasteiger partial charge in [-0.25, -0.2) is 0 Å². The Balaban J connectivity index is 1.30. The first-order valence-corrected chi connectivity index (χ1v) is 10.9. The molecule has 2 fully saturated rings. The molecular weight excluding hydrogens is 376 g/mol. The Morgan fingerprint density at radius 3 is 2.07 bits per heavy atom. The number of hydrogen-bond acceptors (Lipinski definition) is 5. The number of rotatable bonds is 5. The summed E-state index contributed by atoms with van der Waals surface area (Å²) in [5.41, 5.74) is 2.62. The van der Waals surface area contributed by atoms with E-state index in [0.717, 1.165) is 63.5 Å². The van der Waals surface area contributed by atoms with E-state index in [2.05, 4.69) is 34.1 Å². The van der Waals surface area contributed by atoms with Gasteiger partial charge < -0.3 is 24.8 Å². The number of benzene rings is 2. The minimum atomic E-state index is -0.0936. The van der Waals surface area contributed by atoms with Crippen LogP contribution in [0.1, 0.15) is 23.2 Å². The van der Waals surface area contributed by atoms with Crippen LogP contribution in [0.5, 0.6) is 5.75 Å². The minimum Gasteiger partial charge on any atom is -0.490 e. The summed E-state index contributed by atoms with van der Waals surface area (Å²) in [7, 11) is 4.30. The Morgan fingerprint density at radius 1 is 0.833 bits per heavy atom. The fourth-order valence-corrected chi connectivity index (χ4v) is 4.00.